The van der Waals surface area contributed by atoms with Crippen molar-refractivity contribution in [2.75, 3.05) is 0 Å². The van der Waals surface area contributed by atoms with Gasteiger partial charge in [-0.3, -0.25) is 14.5 Å². The average Bonchev–Trinajstić information content (AvgIpc) is 3.19. The van der Waals surface area contributed by atoms with Crippen LogP contribution in [0.2, 0.25) is 0 Å². The standard InChI is InChI=1S/C20H19N5O/c1-13-5-4-6-16(22-13)11-19(26)17-10-15(12-25-8-7-21-20(17)25)18-9-14(2)23-24(18)3/h4-10,12H,11H2,1-3H3. The van der Waals surface area contributed by atoms with Crippen molar-refractivity contribution in [3.63, 3.8) is 0 Å². The molecule has 0 bridgehead atoms. The molecule has 4 rings (SSSR count). The van der Waals surface area contributed by atoms with Crippen LogP contribution >= 0.6 is 0 Å². The molecule has 0 amide bonds. The fourth-order valence-corrected chi connectivity index (χ4v) is 3.22. The third kappa shape index (κ3) is 2.90. The second kappa shape index (κ2) is 6.22. The van der Waals surface area contributed by atoms with Gasteiger partial charge in [-0.05, 0) is 38.1 Å². The van der Waals surface area contributed by atoms with E-state index in [9.17, 15) is 4.79 Å². The van der Waals surface area contributed by atoms with Crippen molar-refractivity contribution in [2.45, 2.75) is 20.3 Å². The third-order valence-corrected chi connectivity index (χ3v) is 4.37. The molecule has 4 aromatic rings. The number of aromatic nitrogens is 5. The van der Waals surface area contributed by atoms with Crippen LogP contribution in [-0.2, 0) is 13.5 Å². The van der Waals surface area contributed by atoms with Gasteiger partial charge in [-0.25, -0.2) is 4.98 Å². The lowest BCUT2D eigenvalue weighted by atomic mass is 10.0. The summed E-state index contributed by atoms with van der Waals surface area (Å²) >= 11 is 0. The van der Waals surface area contributed by atoms with Crippen molar-refractivity contribution < 1.29 is 4.79 Å². The summed E-state index contributed by atoms with van der Waals surface area (Å²) in [5.41, 5.74) is 5.74. The van der Waals surface area contributed by atoms with Gasteiger partial charge in [0, 0.05) is 42.6 Å². The van der Waals surface area contributed by atoms with E-state index in [-0.39, 0.29) is 12.2 Å². The molecule has 0 fully saturated rings. The van der Waals surface area contributed by atoms with Gasteiger partial charge in [0.25, 0.3) is 0 Å². The summed E-state index contributed by atoms with van der Waals surface area (Å²) in [5.74, 6) is 0.0000373. The van der Waals surface area contributed by atoms with Gasteiger partial charge in [0.05, 0.1) is 23.4 Å². The summed E-state index contributed by atoms with van der Waals surface area (Å²) in [6.07, 6.45) is 5.78. The van der Waals surface area contributed by atoms with Crippen molar-refractivity contribution in [2.24, 2.45) is 7.05 Å². The molecular weight excluding hydrogens is 326 g/mol. The predicted molar refractivity (Wildman–Crippen MR) is 99.1 cm³/mol. The van der Waals surface area contributed by atoms with Crippen LogP contribution in [0.1, 0.15) is 27.4 Å². The molecule has 0 aliphatic carbocycles. The van der Waals surface area contributed by atoms with E-state index < -0.39 is 0 Å². The van der Waals surface area contributed by atoms with Gasteiger partial charge in [0.15, 0.2) is 5.78 Å². The number of ketones is 1. The zero-order valence-corrected chi connectivity index (χ0v) is 15.0. The Labute approximate surface area is 151 Å². The van der Waals surface area contributed by atoms with Crippen LogP contribution in [0.15, 0.2) is 48.9 Å². The van der Waals surface area contributed by atoms with Crippen LogP contribution in [0.3, 0.4) is 0 Å². The van der Waals surface area contributed by atoms with Crippen LogP contribution in [0.4, 0.5) is 0 Å². The first kappa shape index (κ1) is 16.2. The Kier molecular flexibility index (Phi) is 3.88. The van der Waals surface area contributed by atoms with E-state index in [1.165, 1.54) is 0 Å². The van der Waals surface area contributed by atoms with Crippen LogP contribution in [0.25, 0.3) is 16.9 Å². The van der Waals surface area contributed by atoms with Crippen molar-refractivity contribution in [1.82, 2.24) is 24.1 Å². The van der Waals surface area contributed by atoms with Crippen molar-refractivity contribution in [3.05, 3.63) is 71.6 Å². The van der Waals surface area contributed by atoms with Crippen molar-refractivity contribution in [1.29, 1.82) is 0 Å². The molecule has 0 radical (unpaired) electrons. The first-order valence-corrected chi connectivity index (χ1v) is 8.45. The molecule has 130 valence electrons. The number of imidazole rings is 1. The second-order valence-electron chi connectivity index (χ2n) is 6.47. The zero-order valence-electron chi connectivity index (χ0n) is 15.0. The Hall–Kier alpha value is -3.28. The largest absolute Gasteiger partial charge is 0.306 e. The Morgan fingerprint density at radius 3 is 2.73 bits per heavy atom. The molecule has 4 aromatic heterocycles. The summed E-state index contributed by atoms with van der Waals surface area (Å²) in [6.45, 7) is 3.88. The van der Waals surface area contributed by atoms with E-state index in [4.69, 9.17) is 0 Å². The number of carbonyl (C=O) groups is 1. The zero-order chi connectivity index (χ0) is 18.3. The monoisotopic (exact) mass is 345 g/mol. The van der Waals surface area contributed by atoms with Crippen LogP contribution in [0, 0.1) is 13.8 Å². The van der Waals surface area contributed by atoms with E-state index in [1.807, 2.05) is 72.7 Å². The molecule has 4 heterocycles. The van der Waals surface area contributed by atoms with Gasteiger partial charge in [-0.2, -0.15) is 5.10 Å². The topological polar surface area (TPSA) is 65.1 Å². The molecule has 6 heteroatoms. The van der Waals surface area contributed by atoms with Crippen LogP contribution in [0.5, 0.6) is 0 Å². The molecule has 0 aliphatic heterocycles. The van der Waals surface area contributed by atoms with E-state index in [2.05, 4.69) is 15.1 Å². The average molecular weight is 345 g/mol. The third-order valence-electron chi connectivity index (χ3n) is 4.37. The predicted octanol–water partition coefficient (Wildman–Crippen LogP) is 3.17. The minimum Gasteiger partial charge on any atom is -0.306 e. The van der Waals surface area contributed by atoms with Crippen molar-refractivity contribution >= 4 is 11.4 Å². The number of fused-ring (bicyclic) bond motifs is 1. The summed E-state index contributed by atoms with van der Waals surface area (Å²) in [6, 6.07) is 9.63. The molecule has 0 N–H and O–H groups in total. The maximum Gasteiger partial charge on any atom is 0.172 e. The molecule has 0 atom stereocenters. The summed E-state index contributed by atoms with van der Waals surface area (Å²) in [4.78, 5) is 21.8. The van der Waals surface area contributed by atoms with Crippen LogP contribution < -0.4 is 0 Å². The van der Waals surface area contributed by atoms with Gasteiger partial charge < -0.3 is 4.40 Å². The highest BCUT2D eigenvalue weighted by molar-refractivity contribution is 6.03. The van der Waals surface area contributed by atoms with Crippen molar-refractivity contribution in [3.8, 4) is 11.3 Å². The van der Waals surface area contributed by atoms with Gasteiger partial charge in [0.2, 0.25) is 0 Å². The smallest absolute Gasteiger partial charge is 0.172 e. The molecule has 0 aromatic carbocycles. The number of hydrogen-bond acceptors (Lipinski definition) is 4. The van der Waals surface area contributed by atoms with Crippen LogP contribution in [-0.4, -0.2) is 29.9 Å². The summed E-state index contributed by atoms with van der Waals surface area (Å²) < 4.78 is 3.71. The van der Waals surface area contributed by atoms with E-state index >= 15 is 0 Å². The fourth-order valence-electron chi connectivity index (χ4n) is 3.22. The Balaban J connectivity index is 1.79. The Bertz CT molecular complexity index is 1120. The number of rotatable bonds is 4. The highest BCUT2D eigenvalue weighted by Gasteiger charge is 2.17. The van der Waals surface area contributed by atoms with E-state index in [0.717, 1.165) is 28.3 Å². The number of carbonyl (C=O) groups excluding carboxylic acids is 1. The number of nitrogens with zero attached hydrogens (tertiary/aromatic N) is 5. The number of hydrogen-bond donors (Lipinski definition) is 0. The fraction of sp³-hybridized carbons (Fsp3) is 0.200. The first-order valence-electron chi connectivity index (χ1n) is 8.45. The molecular formula is C20H19N5O. The van der Waals surface area contributed by atoms with Gasteiger partial charge >= 0.3 is 0 Å². The molecule has 0 unspecified atom stereocenters. The number of pyridine rings is 2. The number of aryl methyl sites for hydroxylation is 3. The highest BCUT2D eigenvalue weighted by atomic mass is 16.1. The molecule has 0 saturated carbocycles. The number of Topliss-reactive ketones (excluding diaryl/α,β-unsaturated/α-hetero) is 1. The van der Waals surface area contributed by atoms with Gasteiger partial charge in [0.1, 0.15) is 5.65 Å². The maximum atomic E-state index is 13.0. The lowest BCUT2D eigenvalue weighted by Crippen LogP contribution is -2.08. The summed E-state index contributed by atoms with van der Waals surface area (Å²) in [7, 11) is 1.90. The highest BCUT2D eigenvalue weighted by Crippen LogP contribution is 2.24. The van der Waals surface area contributed by atoms with E-state index in [0.29, 0.717) is 11.2 Å². The SMILES string of the molecule is Cc1cccc(CC(=O)c2cc(-c3cc(C)nn3C)cn3ccnc23)n1. The summed E-state index contributed by atoms with van der Waals surface area (Å²) in [5, 5.41) is 4.40. The normalized spacial score (nSPS) is 11.2. The Morgan fingerprint density at radius 2 is 2.00 bits per heavy atom. The first-order chi connectivity index (χ1) is 12.5. The second-order valence-corrected chi connectivity index (χ2v) is 6.47. The minimum atomic E-state index is 0.0000373. The Morgan fingerprint density at radius 1 is 1.15 bits per heavy atom. The molecule has 26 heavy (non-hydrogen) atoms. The quantitative estimate of drug-likeness (QED) is 0.533. The lowest BCUT2D eigenvalue weighted by molar-refractivity contribution is 0.0993. The van der Waals surface area contributed by atoms with Gasteiger partial charge in [-0.15, -0.1) is 0 Å². The minimum absolute atomic E-state index is 0.0000373. The van der Waals surface area contributed by atoms with Gasteiger partial charge in [-0.1, -0.05) is 6.07 Å². The molecule has 0 aliphatic rings. The lowest BCUT2D eigenvalue weighted by Gasteiger charge is -2.08. The van der Waals surface area contributed by atoms with E-state index in [1.54, 1.807) is 6.20 Å². The molecule has 0 spiro atoms. The maximum absolute atomic E-state index is 13.0. The molecule has 6 nitrogen and oxygen atoms in total. The molecule has 0 saturated heterocycles.